The van der Waals surface area contributed by atoms with E-state index in [0.29, 0.717) is 0 Å². The van der Waals surface area contributed by atoms with E-state index in [9.17, 15) is 4.39 Å². The second kappa shape index (κ2) is 3.71. The van der Waals surface area contributed by atoms with Crippen LogP contribution in [0.1, 0.15) is 5.69 Å². The molecule has 14 heavy (non-hydrogen) atoms. The van der Waals surface area contributed by atoms with E-state index in [0.717, 1.165) is 27.6 Å². The van der Waals surface area contributed by atoms with Crippen LogP contribution in [0.5, 0.6) is 0 Å². The third kappa shape index (κ3) is 1.55. The van der Waals surface area contributed by atoms with E-state index < -0.39 is 0 Å². The van der Waals surface area contributed by atoms with Gasteiger partial charge in [0.15, 0.2) is 0 Å². The summed E-state index contributed by atoms with van der Waals surface area (Å²) in [6.45, 7) is 0.733. The van der Waals surface area contributed by atoms with Crippen molar-refractivity contribution in [3.05, 3.63) is 34.2 Å². The number of nitrogens with one attached hydrogen (secondary N) is 2. The van der Waals surface area contributed by atoms with Crippen LogP contribution >= 0.6 is 15.9 Å². The van der Waals surface area contributed by atoms with Gasteiger partial charge in [-0.3, -0.25) is 0 Å². The van der Waals surface area contributed by atoms with Crippen LogP contribution in [-0.2, 0) is 6.54 Å². The SMILES string of the molecule is CNCc1[nH]c2ccc(F)cc2c1Br. The first-order valence-corrected chi connectivity index (χ1v) is 5.12. The maximum Gasteiger partial charge on any atom is 0.123 e. The smallest absolute Gasteiger partial charge is 0.123 e. The van der Waals surface area contributed by atoms with Crippen molar-refractivity contribution in [2.45, 2.75) is 6.54 Å². The molecule has 2 N–H and O–H groups in total. The summed E-state index contributed by atoms with van der Waals surface area (Å²) in [5.74, 6) is -0.215. The maximum absolute atomic E-state index is 13.0. The molecule has 2 aromatic rings. The molecule has 2 nitrogen and oxygen atoms in total. The van der Waals surface area contributed by atoms with Gasteiger partial charge in [-0.25, -0.2) is 4.39 Å². The fourth-order valence-corrected chi connectivity index (χ4v) is 2.05. The minimum Gasteiger partial charge on any atom is -0.356 e. The minimum absolute atomic E-state index is 0.215. The molecule has 0 saturated carbocycles. The number of H-pyrrole nitrogens is 1. The molecule has 0 amide bonds. The fourth-order valence-electron chi connectivity index (χ4n) is 1.49. The lowest BCUT2D eigenvalue weighted by molar-refractivity contribution is 0.629. The summed E-state index contributed by atoms with van der Waals surface area (Å²) < 4.78 is 13.9. The zero-order chi connectivity index (χ0) is 10.1. The Balaban J connectivity index is 2.62. The van der Waals surface area contributed by atoms with Crippen LogP contribution in [-0.4, -0.2) is 12.0 Å². The van der Waals surface area contributed by atoms with Crippen molar-refractivity contribution in [1.82, 2.24) is 10.3 Å². The zero-order valence-electron chi connectivity index (χ0n) is 7.70. The lowest BCUT2D eigenvalue weighted by atomic mass is 10.2. The number of aromatic nitrogens is 1. The maximum atomic E-state index is 13.0. The molecule has 4 heteroatoms. The fraction of sp³-hybridized carbons (Fsp3) is 0.200. The van der Waals surface area contributed by atoms with Crippen molar-refractivity contribution >= 4 is 26.8 Å². The van der Waals surface area contributed by atoms with E-state index in [2.05, 4.69) is 26.2 Å². The Morgan fingerprint density at radius 3 is 3.00 bits per heavy atom. The van der Waals surface area contributed by atoms with Crippen molar-refractivity contribution in [3.8, 4) is 0 Å². The molecule has 0 fully saturated rings. The average molecular weight is 257 g/mol. The molecule has 0 atom stereocenters. The standard InChI is InChI=1S/C10H10BrFN2/c1-13-5-9-10(11)7-4-6(12)2-3-8(7)14-9/h2-4,13-14H,5H2,1H3. The summed E-state index contributed by atoms with van der Waals surface area (Å²) in [5, 5.41) is 3.93. The van der Waals surface area contributed by atoms with Crippen LogP contribution in [0.3, 0.4) is 0 Å². The molecule has 0 radical (unpaired) electrons. The number of fused-ring (bicyclic) bond motifs is 1. The largest absolute Gasteiger partial charge is 0.356 e. The Morgan fingerprint density at radius 1 is 1.50 bits per heavy atom. The molecule has 1 aromatic heterocycles. The van der Waals surface area contributed by atoms with Crippen LogP contribution in [0.15, 0.2) is 22.7 Å². The summed E-state index contributed by atoms with van der Waals surface area (Å²) in [4.78, 5) is 3.22. The first-order chi connectivity index (χ1) is 6.72. The van der Waals surface area contributed by atoms with Gasteiger partial charge in [-0.05, 0) is 41.2 Å². The van der Waals surface area contributed by atoms with E-state index >= 15 is 0 Å². The molecule has 0 aliphatic carbocycles. The molecule has 0 spiro atoms. The van der Waals surface area contributed by atoms with E-state index in [1.165, 1.54) is 12.1 Å². The highest BCUT2D eigenvalue weighted by molar-refractivity contribution is 9.10. The molecule has 1 heterocycles. The van der Waals surface area contributed by atoms with Gasteiger partial charge < -0.3 is 10.3 Å². The topological polar surface area (TPSA) is 27.8 Å². The first-order valence-electron chi connectivity index (χ1n) is 4.32. The number of aromatic amines is 1. The van der Waals surface area contributed by atoms with Gasteiger partial charge in [0.2, 0.25) is 0 Å². The van der Waals surface area contributed by atoms with Gasteiger partial charge in [0.05, 0.1) is 0 Å². The Kier molecular flexibility index (Phi) is 2.56. The third-order valence-electron chi connectivity index (χ3n) is 2.12. The molecule has 0 aliphatic heterocycles. The van der Waals surface area contributed by atoms with Crippen LogP contribution in [0.4, 0.5) is 4.39 Å². The molecule has 0 aliphatic rings. The normalized spacial score (nSPS) is 11.1. The van der Waals surface area contributed by atoms with Crippen molar-refractivity contribution in [1.29, 1.82) is 0 Å². The van der Waals surface area contributed by atoms with Gasteiger partial charge in [-0.15, -0.1) is 0 Å². The quantitative estimate of drug-likeness (QED) is 0.850. The second-order valence-corrected chi connectivity index (χ2v) is 3.93. The Bertz CT molecular complexity index is 464. The van der Waals surface area contributed by atoms with Gasteiger partial charge in [-0.1, -0.05) is 0 Å². The zero-order valence-corrected chi connectivity index (χ0v) is 9.28. The summed E-state index contributed by atoms with van der Waals surface area (Å²) in [6, 6.07) is 4.72. The molecule has 1 aromatic carbocycles. The summed E-state index contributed by atoms with van der Waals surface area (Å²) >= 11 is 3.45. The van der Waals surface area contributed by atoms with Gasteiger partial charge in [0.25, 0.3) is 0 Å². The molecular weight excluding hydrogens is 247 g/mol. The molecule has 2 rings (SSSR count). The minimum atomic E-state index is -0.215. The van der Waals surface area contributed by atoms with Gasteiger partial charge in [0, 0.05) is 27.6 Å². The highest BCUT2D eigenvalue weighted by Gasteiger charge is 2.08. The molecule has 0 saturated heterocycles. The van der Waals surface area contributed by atoms with Gasteiger partial charge in [-0.2, -0.15) is 0 Å². The van der Waals surface area contributed by atoms with E-state index in [4.69, 9.17) is 0 Å². The monoisotopic (exact) mass is 256 g/mol. The Hall–Kier alpha value is -0.870. The van der Waals surface area contributed by atoms with Crippen molar-refractivity contribution in [2.24, 2.45) is 0 Å². The predicted molar refractivity (Wildman–Crippen MR) is 58.7 cm³/mol. The van der Waals surface area contributed by atoms with Crippen LogP contribution < -0.4 is 5.32 Å². The number of hydrogen-bond acceptors (Lipinski definition) is 1. The predicted octanol–water partition coefficient (Wildman–Crippen LogP) is 2.79. The lowest BCUT2D eigenvalue weighted by Gasteiger charge is -1.95. The number of benzene rings is 1. The highest BCUT2D eigenvalue weighted by atomic mass is 79.9. The Labute approximate surface area is 89.6 Å². The summed E-state index contributed by atoms with van der Waals surface area (Å²) in [7, 11) is 1.87. The van der Waals surface area contributed by atoms with Crippen LogP contribution in [0, 0.1) is 5.82 Å². The van der Waals surface area contributed by atoms with E-state index in [1.54, 1.807) is 6.07 Å². The number of rotatable bonds is 2. The van der Waals surface area contributed by atoms with Crippen molar-refractivity contribution in [2.75, 3.05) is 7.05 Å². The van der Waals surface area contributed by atoms with Crippen molar-refractivity contribution < 1.29 is 4.39 Å². The van der Waals surface area contributed by atoms with E-state index in [1.807, 2.05) is 7.05 Å². The summed E-state index contributed by atoms with van der Waals surface area (Å²) in [5.41, 5.74) is 1.98. The van der Waals surface area contributed by atoms with Crippen LogP contribution in [0.25, 0.3) is 10.9 Å². The Morgan fingerprint density at radius 2 is 2.29 bits per heavy atom. The van der Waals surface area contributed by atoms with Gasteiger partial charge >= 0.3 is 0 Å². The number of hydrogen-bond donors (Lipinski definition) is 2. The van der Waals surface area contributed by atoms with Crippen molar-refractivity contribution in [3.63, 3.8) is 0 Å². The third-order valence-corrected chi connectivity index (χ3v) is 3.03. The average Bonchev–Trinajstić information content (AvgIpc) is 2.46. The highest BCUT2D eigenvalue weighted by Crippen LogP contribution is 2.28. The lowest BCUT2D eigenvalue weighted by Crippen LogP contribution is -2.05. The molecule has 0 bridgehead atoms. The van der Waals surface area contributed by atoms with Gasteiger partial charge in [0.1, 0.15) is 5.82 Å². The molecule has 74 valence electrons. The second-order valence-electron chi connectivity index (χ2n) is 3.14. The molecular formula is C10H10BrFN2. The first kappa shape index (κ1) is 9.68. The number of halogens is 2. The van der Waals surface area contributed by atoms with Crippen LogP contribution in [0.2, 0.25) is 0 Å². The van der Waals surface area contributed by atoms with E-state index in [-0.39, 0.29) is 5.82 Å². The summed E-state index contributed by atoms with van der Waals surface area (Å²) in [6.07, 6.45) is 0. The molecule has 0 unspecified atom stereocenters.